The number of aromatic nitrogens is 5. The lowest BCUT2D eigenvalue weighted by Gasteiger charge is -2.22. The van der Waals surface area contributed by atoms with Gasteiger partial charge in [-0.3, -0.25) is 0 Å². The molecule has 0 saturated carbocycles. The largest absolute Gasteiger partial charge is 0.331 e. The molecular weight excluding hydrogens is 396 g/mol. The average Bonchev–Trinajstić information content (AvgIpc) is 3.28. The summed E-state index contributed by atoms with van der Waals surface area (Å²) >= 11 is 0. The topological polar surface area (TPSA) is 48.0 Å². The number of pyridine rings is 1. The fraction of sp³-hybridized carbons (Fsp3) is 0.458. The molecule has 166 valence electrons. The zero-order chi connectivity index (χ0) is 23.0. The molecule has 0 spiro atoms. The van der Waals surface area contributed by atoms with Crippen LogP contribution in [0.25, 0.3) is 16.7 Å². The van der Waals surface area contributed by atoms with Crippen LogP contribution in [0.15, 0.2) is 36.5 Å². The third kappa shape index (κ3) is 4.60. The Balaban J connectivity index is 0.000000176. The number of hydrogen-bond donors (Lipinski definition) is 0. The molecule has 1 aromatic carbocycles. The molecular formula is C24H31F2N5. The molecule has 3 heterocycles. The molecule has 0 radical (unpaired) electrons. The van der Waals surface area contributed by atoms with Crippen molar-refractivity contribution >= 4 is 16.7 Å². The molecule has 7 heteroatoms. The van der Waals surface area contributed by atoms with Gasteiger partial charge in [-0.05, 0) is 37.1 Å². The standard InChI is InChI=1S/C12H16FN3.C12H15FN2/c1-4-12(3,5-2)11-14-10-7-6-9(13)8-16(10)15-11;1-12(2,3)11-14-9-7-8(13)5-6-10(9)15(11)4/h6-8H,4-5H2,1-3H3;5-7H,1-4H3. The van der Waals surface area contributed by atoms with Gasteiger partial charge < -0.3 is 4.57 Å². The minimum atomic E-state index is -0.293. The Morgan fingerprint density at radius 3 is 2.16 bits per heavy atom. The smallest absolute Gasteiger partial charge is 0.157 e. The van der Waals surface area contributed by atoms with E-state index in [1.165, 1.54) is 28.9 Å². The van der Waals surface area contributed by atoms with Gasteiger partial charge in [-0.25, -0.2) is 23.3 Å². The number of rotatable bonds is 3. The SMILES string of the molecule is CCC(C)(CC)c1nc2ccc(F)cn2n1.Cn1c(C(C)(C)C)nc2cc(F)ccc21. The van der Waals surface area contributed by atoms with Gasteiger partial charge in [0, 0.05) is 23.9 Å². The number of hydrogen-bond acceptors (Lipinski definition) is 3. The maximum absolute atomic E-state index is 13.0. The van der Waals surface area contributed by atoms with Gasteiger partial charge in [0.05, 0.1) is 17.2 Å². The Hall–Kier alpha value is -2.83. The molecule has 0 fully saturated rings. The van der Waals surface area contributed by atoms with E-state index in [-0.39, 0.29) is 22.5 Å². The first kappa shape index (κ1) is 22.8. The van der Waals surface area contributed by atoms with Gasteiger partial charge in [-0.1, -0.05) is 41.5 Å². The number of benzene rings is 1. The number of imidazole rings is 1. The lowest BCUT2D eigenvalue weighted by Crippen LogP contribution is -2.21. The molecule has 0 amide bonds. The Kier molecular flexibility index (Phi) is 6.16. The maximum atomic E-state index is 13.0. The van der Waals surface area contributed by atoms with Crippen molar-refractivity contribution < 1.29 is 8.78 Å². The fourth-order valence-corrected chi connectivity index (χ4v) is 3.52. The van der Waals surface area contributed by atoms with E-state index in [9.17, 15) is 8.78 Å². The number of halogens is 2. The van der Waals surface area contributed by atoms with Gasteiger partial charge in [0.1, 0.15) is 17.5 Å². The summed E-state index contributed by atoms with van der Waals surface area (Å²) in [6.45, 7) is 12.7. The zero-order valence-electron chi connectivity index (χ0n) is 19.4. The van der Waals surface area contributed by atoms with Gasteiger partial charge in [0.15, 0.2) is 11.5 Å². The highest BCUT2D eigenvalue weighted by Crippen LogP contribution is 2.28. The van der Waals surface area contributed by atoms with Gasteiger partial charge in [-0.15, -0.1) is 0 Å². The third-order valence-corrected chi connectivity index (χ3v) is 5.91. The van der Waals surface area contributed by atoms with Crippen LogP contribution in [0.3, 0.4) is 0 Å². The number of nitrogens with zero attached hydrogens (tertiary/aromatic N) is 5. The zero-order valence-corrected chi connectivity index (χ0v) is 19.4. The van der Waals surface area contributed by atoms with Crippen LogP contribution in [-0.4, -0.2) is 24.1 Å². The van der Waals surface area contributed by atoms with Crippen LogP contribution in [0.5, 0.6) is 0 Å². The summed E-state index contributed by atoms with van der Waals surface area (Å²) < 4.78 is 29.6. The summed E-state index contributed by atoms with van der Waals surface area (Å²) in [6, 6.07) is 7.77. The molecule has 0 bridgehead atoms. The van der Waals surface area contributed by atoms with E-state index in [0.29, 0.717) is 5.65 Å². The predicted octanol–water partition coefficient (Wildman–Crippen LogP) is 5.96. The van der Waals surface area contributed by atoms with E-state index in [2.05, 4.69) is 56.6 Å². The van der Waals surface area contributed by atoms with E-state index in [1.807, 2.05) is 11.6 Å². The fourth-order valence-electron chi connectivity index (χ4n) is 3.52. The Morgan fingerprint density at radius 2 is 1.55 bits per heavy atom. The molecule has 5 nitrogen and oxygen atoms in total. The van der Waals surface area contributed by atoms with E-state index in [1.54, 1.807) is 12.1 Å². The van der Waals surface area contributed by atoms with Crippen LogP contribution < -0.4 is 0 Å². The van der Waals surface area contributed by atoms with Crippen molar-refractivity contribution in [3.05, 3.63) is 59.8 Å². The van der Waals surface area contributed by atoms with Crippen molar-refractivity contribution in [3.63, 3.8) is 0 Å². The average molecular weight is 428 g/mol. The summed E-state index contributed by atoms with van der Waals surface area (Å²) in [5.41, 5.74) is 2.35. The Labute approximate surface area is 182 Å². The number of fused-ring (bicyclic) bond motifs is 2. The summed E-state index contributed by atoms with van der Waals surface area (Å²) in [5, 5.41) is 4.35. The van der Waals surface area contributed by atoms with Crippen molar-refractivity contribution in [1.29, 1.82) is 0 Å². The van der Waals surface area contributed by atoms with Crippen molar-refractivity contribution in [3.8, 4) is 0 Å². The minimum Gasteiger partial charge on any atom is -0.331 e. The summed E-state index contributed by atoms with van der Waals surface area (Å²) in [6.07, 6.45) is 3.31. The van der Waals surface area contributed by atoms with Crippen LogP contribution in [0.4, 0.5) is 8.78 Å². The number of aryl methyl sites for hydroxylation is 1. The second kappa shape index (κ2) is 8.36. The predicted molar refractivity (Wildman–Crippen MR) is 120 cm³/mol. The van der Waals surface area contributed by atoms with Crippen molar-refractivity contribution in [2.24, 2.45) is 7.05 Å². The lowest BCUT2D eigenvalue weighted by atomic mass is 9.84. The molecule has 4 rings (SSSR count). The minimum absolute atomic E-state index is 0.0236. The third-order valence-electron chi connectivity index (χ3n) is 5.91. The first-order chi connectivity index (χ1) is 14.5. The van der Waals surface area contributed by atoms with Crippen molar-refractivity contribution in [1.82, 2.24) is 24.1 Å². The van der Waals surface area contributed by atoms with Gasteiger partial charge in [-0.2, -0.15) is 5.10 Å². The van der Waals surface area contributed by atoms with E-state index in [0.717, 1.165) is 35.5 Å². The van der Waals surface area contributed by atoms with Gasteiger partial charge in [0.2, 0.25) is 0 Å². The second-order valence-corrected chi connectivity index (χ2v) is 9.23. The summed E-state index contributed by atoms with van der Waals surface area (Å²) in [4.78, 5) is 8.92. The first-order valence-electron chi connectivity index (χ1n) is 10.6. The van der Waals surface area contributed by atoms with E-state index < -0.39 is 0 Å². The molecule has 3 aromatic heterocycles. The quantitative estimate of drug-likeness (QED) is 0.405. The van der Waals surface area contributed by atoms with Crippen LogP contribution in [0, 0.1) is 11.6 Å². The summed E-state index contributed by atoms with van der Waals surface area (Å²) in [5.74, 6) is 1.24. The van der Waals surface area contributed by atoms with Crippen molar-refractivity contribution in [2.45, 2.75) is 65.2 Å². The van der Waals surface area contributed by atoms with Crippen molar-refractivity contribution in [2.75, 3.05) is 0 Å². The molecule has 0 aliphatic heterocycles. The van der Waals surface area contributed by atoms with Crippen LogP contribution in [-0.2, 0) is 17.9 Å². The van der Waals surface area contributed by atoms with Gasteiger partial charge >= 0.3 is 0 Å². The molecule has 31 heavy (non-hydrogen) atoms. The molecule has 0 unspecified atom stereocenters. The van der Waals surface area contributed by atoms with E-state index >= 15 is 0 Å². The molecule has 0 N–H and O–H groups in total. The molecule has 0 aliphatic carbocycles. The second-order valence-electron chi connectivity index (χ2n) is 9.23. The summed E-state index contributed by atoms with van der Waals surface area (Å²) in [7, 11) is 1.97. The first-order valence-corrected chi connectivity index (χ1v) is 10.6. The normalized spacial score (nSPS) is 12.3. The Morgan fingerprint density at radius 1 is 0.903 bits per heavy atom. The molecule has 0 atom stereocenters. The van der Waals surface area contributed by atoms with Gasteiger partial charge in [0.25, 0.3) is 0 Å². The van der Waals surface area contributed by atoms with Crippen LogP contribution in [0.2, 0.25) is 0 Å². The molecule has 0 aliphatic rings. The van der Waals surface area contributed by atoms with Crippen LogP contribution >= 0.6 is 0 Å². The highest BCUT2D eigenvalue weighted by Gasteiger charge is 2.27. The monoisotopic (exact) mass is 427 g/mol. The molecule has 0 saturated heterocycles. The molecule has 4 aromatic rings. The lowest BCUT2D eigenvalue weighted by molar-refractivity contribution is 0.412. The van der Waals surface area contributed by atoms with E-state index in [4.69, 9.17) is 0 Å². The maximum Gasteiger partial charge on any atom is 0.157 e. The highest BCUT2D eigenvalue weighted by molar-refractivity contribution is 5.76. The Bertz CT molecular complexity index is 1200. The highest BCUT2D eigenvalue weighted by atomic mass is 19.1. The van der Waals surface area contributed by atoms with Crippen LogP contribution in [0.1, 0.15) is 66.0 Å².